The first-order valence-corrected chi connectivity index (χ1v) is 10.4. The second-order valence-corrected chi connectivity index (χ2v) is 7.93. The Balaban J connectivity index is 1.57. The van der Waals surface area contributed by atoms with E-state index < -0.39 is 0 Å². The van der Waals surface area contributed by atoms with Gasteiger partial charge in [0, 0.05) is 17.8 Å². The number of nitrogens with zero attached hydrogens (tertiary/aromatic N) is 1. The van der Waals surface area contributed by atoms with Gasteiger partial charge in [0.05, 0.1) is 17.7 Å². The topological polar surface area (TPSA) is 58.6 Å². The summed E-state index contributed by atoms with van der Waals surface area (Å²) in [5, 5.41) is 4.72. The fourth-order valence-electron chi connectivity index (χ4n) is 3.67. The van der Waals surface area contributed by atoms with Crippen LogP contribution in [-0.4, -0.2) is 25.5 Å². The zero-order valence-corrected chi connectivity index (χ0v) is 17.2. The van der Waals surface area contributed by atoms with E-state index in [1.54, 1.807) is 37.4 Å². The maximum atomic E-state index is 13.2. The highest BCUT2D eigenvalue weighted by molar-refractivity contribution is 7.12. The fraction of sp³-hybridized carbons (Fsp3) is 0.217. The molecule has 1 aliphatic rings. The van der Waals surface area contributed by atoms with Gasteiger partial charge < -0.3 is 15.0 Å². The quantitative estimate of drug-likeness (QED) is 0.670. The Hall–Kier alpha value is -3.12. The van der Waals surface area contributed by atoms with Crippen LogP contribution in [0.3, 0.4) is 0 Å². The third kappa shape index (κ3) is 3.76. The molecular weight excluding hydrogens is 384 g/mol. The van der Waals surface area contributed by atoms with Crippen LogP contribution in [0, 0.1) is 6.92 Å². The molecule has 0 fully saturated rings. The molecule has 2 amide bonds. The Labute approximate surface area is 173 Å². The number of hydrogen-bond acceptors (Lipinski definition) is 4. The Morgan fingerprint density at radius 3 is 2.59 bits per heavy atom. The number of ether oxygens (including phenoxy) is 1. The number of benzene rings is 2. The summed E-state index contributed by atoms with van der Waals surface area (Å²) < 4.78 is 5.54. The largest absolute Gasteiger partial charge is 0.495 e. The maximum absolute atomic E-state index is 13.2. The summed E-state index contributed by atoms with van der Waals surface area (Å²) in [7, 11) is 1.63. The fourth-order valence-corrected chi connectivity index (χ4v) is 4.29. The molecule has 0 aliphatic carbocycles. The lowest BCUT2D eigenvalue weighted by molar-refractivity contribution is 0.0983. The SMILES string of the molecule is COc1ccc(C)c2c1N(C(=O)c1ccc(NC(=O)c3cccs3)cc1)CCC2. The summed E-state index contributed by atoms with van der Waals surface area (Å²) in [6.07, 6.45) is 1.86. The maximum Gasteiger partial charge on any atom is 0.265 e. The molecule has 2 heterocycles. The molecule has 6 heteroatoms. The average Bonchev–Trinajstić information content (AvgIpc) is 3.29. The number of hydrogen-bond donors (Lipinski definition) is 1. The zero-order valence-electron chi connectivity index (χ0n) is 16.4. The van der Waals surface area contributed by atoms with Crippen LogP contribution in [0.15, 0.2) is 53.9 Å². The molecule has 148 valence electrons. The molecule has 0 saturated carbocycles. The van der Waals surface area contributed by atoms with Crippen molar-refractivity contribution >= 4 is 34.5 Å². The van der Waals surface area contributed by atoms with Crippen LogP contribution in [0.4, 0.5) is 11.4 Å². The Kier molecular flexibility index (Phi) is 5.36. The summed E-state index contributed by atoms with van der Waals surface area (Å²) in [6, 6.07) is 14.6. The Bertz CT molecular complexity index is 1040. The van der Waals surface area contributed by atoms with Crippen molar-refractivity contribution in [3.8, 4) is 5.75 Å². The summed E-state index contributed by atoms with van der Waals surface area (Å²) in [6.45, 7) is 2.72. The molecule has 3 aromatic rings. The molecular formula is C23H22N2O3S. The van der Waals surface area contributed by atoms with Gasteiger partial charge in [0.2, 0.25) is 0 Å². The number of anilines is 2. The van der Waals surface area contributed by atoms with Gasteiger partial charge in [-0.1, -0.05) is 12.1 Å². The van der Waals surface area contributed by atoms with Crippen LogP contribution in [0.1, 0.15) is 37.6 Å². The minimum absolute atomic E-state index is 0.0639. The molecule has 0 radical (unpaired) electrons. The number of fused-ring (bicyclic) bond motifs is 1. The summed E-state index contributed by atoms with van der Waals surface area (Å²) in [5.74, 6) is 0.508. The van der Waals surface area contributed by atoms with E-state index in [-0.39, 0.29) is 11.8 Å². The van der Waals surface area contributed by atoms with E-state index in [2.05, 4.69) is 12.2 Å². The van der Waals surface area contributed by atoms with Gasteiger partial charge in [-0.05, 0) is 72.7 Å². The van der Waals surface area contributed by atoms with Crippen molar-refractivity contribution in [3.63, 3.8) is 0 Å². The number of nitrogens with one attached hydrogen (secondary N) is 1. The number of rotatable bonds is 4. The number of amides is 2. The highest BCUT2D eigenvalue weighted by Gasteiger charge is 2.28. The van der Waals surface area contributed by atoms with Gasteiger partial charge >= 0.3 is 0 Å². The zero-order chi connectivity index (χ0) is 20.4. The van der Waals surface area contributed by atoms with Crippen molar-refractivity contribution in [1.82, 2.24) is 0 Å². The monoisotopic (exact) mass is 406 g/mol. The van der Waals surface area contributed by atoms with Gasteiger partial charge in [-0.2, -0.15) is 0 Å². The van der Waals surface area contributed by atoms with Crippen LogP contribution in [0.5, 0.6) is 5.75 Å². The number of methoxy groups -OCH3 is 1. The summed E-state index contributed by atoms with van der Waals surface area (Å²) in [4.78, 5) is 27.9. The lowest BCUT2D eigenvalue weighted by Crippen LogP contribution is -2.36. The molecule has 2 aromatic carbocycles. The number of carbonyl (C=O) groups is 2. The number of aryl methyl sites for hydroxylation is 1. The number of thiophene rings is 1. The van der Waals surface area contributed by atoms with E-state index in [4.69, 9.17) is 4.74 Å². The highest BCUT2D eigenvalue weighted by atomic mass is 32.1. The molecule has 4 rings (SSSR count). The Morgan fingerprint density at radius 2 is 1.90 bits per heavy atom. The molecule has 29 heavy (non-hydrogen) atoms. The molecule has 0 saturated heterocycles. The van der Waals surface area contributed by atoms with E-state index in [0.29, 0.717) is 22.7 Å². The minimum atomic E-state index is -0.149. The smallest absolute Gasteiger partial charge is 0.265 e. The van der Waals surface area contributed by atoms with E-state index >= 15 is 0 Å². The molecule has 5 nitrogen and oxygen atoms in total. The first-order chi connectivity index (χ1) is 14.1. The van der Waals surface area contributed by atoms with Gasteiger partial charge in [-0.3, -0.25) is 9.59 Å². The lowest BCUT2D eigenvalue weighted by atomic mass is 9.95. The van der Waals surface area contributed by atoms with Crippen molar-refractivity contribution in [3.05, 3.63) is 75.5 Å². The molecule has 1 N–H and O–H groups in total. The Morgan fingerprint density at radius 1 is 1.10 bits per heavy atom. The van der Waals surface area contributed by atoms with Crippen molar-refractivity contribution in [1.29, 1.82) is 0 Å². The van der Waals surface area contributed by atoms with Gasteiger partial charge in [0.1, 0.15) is 5.75 Å². The van der Waals surface area contributed by atoms with Crippen LogP contribution < -0.4 is 15.0 Å². The van der Waals surface area contributed by atoms with Gasteiger partial charge in [0.25, 0.3) is 11.8 Å². The van der Waals surface area contributed by atoms with Crippen molar-refractivity contribution < 1.29 is 14.3 Å². The molecule has 0 unspecified atom stereocenters. The van der Waals surface area contributed by atoms with E-state index in [1.165, 1.54) is 22.5 Å². The van der Waals surface area contributed by atoms with E-state index in [0.717, 1.165) is 24.3 Å². The van der Waals surface area contributed by atoms with Crippen molar-refractivity contribution in [2.24, 2.45) is 0 Å². The first kappa shape index (κ1) is 19.2. The molecule has 0 atom stereocenters. The molecule has 1 aliphatic heterocycles. The number of carbonyl (C=O) groups excluding carboxylic acids is 2. The molecule has 0 bridgehead atoms. The summed E-state index contributed by atoms with van der Waals surface area (Å²) >= 11 is 1.39. The predicted molar refractivity (Wildman–Crippen MR) is 116 cm³/mol. The second-order valence-electron chi connectivity index (χ2n) is 6.98. The van der Waals surface area contributed by atoms with Gasteiger partial charge in [-0.25, -0.2) is 0 Å². The minimum Gasteiger partial charge on any atom is -0.495 e. The highest BCUT2D eigenvalue weighted by Crippen LogP contribution is 2.39. The van der Waals surface area contributed by atoms with Crippen LogP contribution in [0.2, 0.25) is 0 Å². The van der Waals surface area contributed by atoms with E-state index in [9.17, 15) is 9.59 Å². The lowest BCUT2D eigenvalue weighted by Gasteiger charge is -2.32. The average molecular weight is 407 g/mol. The molecule has 1 aromatic heterocycles. The third-order valence-corrected chi connectivity index (χ3v) is 6.03. The molecule has 0 spiro atoms. The van der Waals surface area contributed by atoms with Crippen molar-refractivity contribution in [2.45, 2.75) is 19.8 Å². The normalized spacial score (nSPS) is 13.0. The van der Waals surface area contributed by atoms with Crippen LogP contribution in [-0.2, 0) is 6.42 Å². The predicted octanol–water partition coefficient (Wildman–Crippen LogP) is 4.91. The van der Waals surface area contributed by atoms with Gasteiger partial charge in [-0.15, -0.1) is 11.3 Å². The first-order valence-electron chi connectivity index (χ1n) is 9.51. The van der Waals surface area contributed by atoms with Crippen LogP contribution in [0.25, 0.3) is 0 Å². The second kappa shape index (κ2) is 8.09. The van der Waals surface area contributed by atoms with Crippen LogP contribution >= 0.6 is 11.3 Å². The standard InChI is InChI=1S/C23H22N2O3S/c1-15-7-12-19(28-2)21-18(15)5-3-13-25(21)23(27)16-8-10-17(11-9-16)24-22(26)20-6-4-14-29-20/h4,6-12,14H,3,5,13H2,1-2H3,(H,24,26). The van der Waals surface area contributed by atoms with Gasteiger partial charge in [0.15, 0.2) is 0 Å². The summed E-state index contributed by atoms with van der Waals surface area (Å²) in [5.41, 5.74) is 4.45. The van der Waals surface area contributed by atoms with Crippen molar-refractivity contribution in [2.75, 3.05) is 23.9 Å². The van der Waals surface area contributed by atoms with E-state index in [1.807, 2.05) is 28.5 Å². The third-order valence-electron chi connectivity index (χ3n) is 5.16.